The van der Waals surface area contributed by atoms with Crippen LogP contribution in [0.2, 0.25) is 32.2 Å². The topological polar surface area (TPSA) is 58.9 Å². The maximum absolute atomic E-state index is 9.38. The molecule has 8 heteroatoms. The van der Waals surface area contributed by atoms with Crippen molar-refractivity contribution in [1.29, 1.82) is 0 Å². The van der Waals surface area contributed by atoms with E-state index in [1.165, 1.54) is 0 Å². The van der Waals surface area contributed by atoms with Gasteiger partial charge in [-0.1, -0.05) is 25.6 Å². The van der Waals surface area contributed by atoms with Gasteiger partial charge in [0.15, 0.2) is 0 Å². The summed E-state index contributed by atoms with van der Waals surface area (Å²) in [4.78, 5) is 18.5. The van der Waals surface area contributed by atoms with Crippen molar-refractivity contribution in [2.45, 2.75) is 45.1 Å². The second-order valence-corrected chi connectivity index (χ2v) is 18.3. The summed E-state index contributed by atoms with van der Waals surface area (Å²) in [6, 6.07) is 1.15. The van der Waals surface area contributed by atoms with Crippen LogP contribution in [-0.2, 0) is 8.54 Å². The van der Waals surface area contributed by atoms with E-state index in [1.54, 1.807) is 13.1 Å². The van der Waals surface area contributed by atoms with Gasteiger partial charge < -0.3 is 18.1 Å². The molecule has 0 fully saturated rings. The molecule has 0 aromatic carbocycles. The minimum atomic E-state index is -2.40. The number of unbranched alkanes of at least 4 members (excludes halogenated alkanes) is 1. The first-order valence-corrected chi connectivity index (χ1v) is 14.3. The molecule has 0 saturated carbocycles. The minimum absolute atomic E-state index is 0.0428. The van der Waals surface area contributed by atoms with E-state index in [2.05, 4.69) is 13.1 Å². The molecule has 0 spiro atoms. The smallest absolute Gasteiger partial charge is 0.423 e. The van der Waals surface area contributed by atoms with Crippen molar-refractivity contribution in [2.24, 2.45) is 0 Å². The molecule has 2 N–H and O–H groups in total. The fourth-order valence-electron chi connectivity index (χ4n) is 0.970. The van der Waals surface area contributed by atoms with Crippen molar-refractivity contribution in [2.75, 3.05) is 6.61 Å². The second-order valence-electron chi connectivity index (χ2n) is 4.93. The molecule has 0 rings (SSSR count). The molecule has 0 aromatic heterocycles. The van der Waals surface area contributed by atoms with Crippen LogP contribution in [0.4, 0.5) is 0 Å². The molecule has 94 valence electrons. The van der Waals surface area contributed by atoms with Crippen molar-refractivity contribution in [3.8, 4) is 0 Å². The molecule has 0 saturated heterocycles. The molecule has 0 bridgehead atoms. The molecular weight excluding hydrogens is 272 g/mol. The van der Waals surface area contributed by atoms with Gasteiger partial charge in [0.2, 0.25) is 9.28 Å². The highest BCUT2D eigenvalue weighted by Gasteiger charge is 2.21. The van der Waals surface area contributed by atoms with E-state index >= 15 is 0 Å². The number of hydrogen-bond acceptors (Lipinski definition) is 4. The lowest BCUT2D eigenvalue weighted by atomic mass is 10.4. The second kappa shape index (κ2) is 7.92. The van der Waals surface area contributed by atoms with Gasteiger partial charge in [-0.3, -0.25) is 0 Å². The third kappa shape index (κ3) is 11.2. The molecule has 0 aromatic rings. The zero-order chi connectivity index (χ0) is 12.7. The molecule has 0 aliphatic carbocycles. The zero-order valence-electron chi connectivity index (χ0n) is 10.5. The molecule has 4 radical (unpaired) electrons. The quantitative estimate of drug-likeness (QED) is 0.489. The van der Waals surface area contributed by atoms with Gasteiger partial charge in [0.25, 0.3) is 0 Å². The maximum Gasteiger partial charge on any atom is 0.423 e. The van der Waals surface area contributed by atoms with Crippen LogP contribution in [0, 0.1) is 0 Å². The van der Waals surface area contributed by atoms with Crippen LogP contribution in [0.25, 0.3) is 0 Å². The summed E-state index contributed by atoms with van der Waals surface area (Å²) >= 11 is 0. The Morgan fingerprint density at radius 1 is 1.12 bits per heavy atom. The predicted molar refractivity (Wildman–Crippen MR) is 72.0 cm³/mol. The van der Waals surface area contributed by atoms with E-state index in [0.717, 1.165) is 18.9 Å². The Morgan fingerprint density at radius 3 is 2.25 bits per heavy atom. The van der Waals surface area contributed by atoms with Crippen LogP contribution in [0.1, 0.15) is 12.8 Å². The van der Waals surface area contributed by atoms with E-state index < -0.39 is 16.2 Å². The average molecular weight is 295 g/mol. The van der Waals surface area contributed by atoms with Crippen molar-refractivity contribution in [3.05, 3.63) is 0 Å². The Balaban J connectivity index is 3.29. The van der Waals surface area contributed by atoms with Gasteiger partial charge in [0.1, 0.15) is 0 Å². The third-order valence-electron chi connectivity index (χ3n) is 1.95. The molecule has 0 aliphatic heterocycles. The summed E-state index contributed by atoms with van der Waals surface area (Å²) in [5, 5.41) is 0. The van der Waals surface area contributed by atoms with Gasteiger partial charge in [-0.15, -0.1) is 0 Å². The number of rotatable bonds is 9. The molecule has 0 unspecified atom stereocenters. The first-order chi connectivity index (χ1) is 7.27. The standard InChI is InChI=1S/C8H22O4Si4/c1-15(2,13-9)8-6-5-7-11-14-12-16(3,4)10/h9-10H,5-8H2,1-4H3. The molecule has 4 nitrogen and oxygen atoms in total. The van der Waals surface area contributed by atoms with Gasteiger partial charge in [0.05, 0.1) is 7.59 Å². The van der Waals surface area contributed by atoms with E-state index in [1.807, 2.05) is 0 Å². The highest BCUT2D eigenvalue weighted by Crippen LogP contribution is 2.11. The molecule has 0 amide bonds. The summed E-state index contributed by atoms with van der Waals surface area (Å²) in [5.41, 5.74) is 0. The summed E-state index contributed by atoms with van der Waals surface area (Å²) < 4.78 is 10.5. The molecule has 0 aliphatic rings. The van der Waals surface area contributed by atoms with Crippen LogP contribution < -0.4 is 0 Å². The molecule has 0 heterocycles. The monoisotopic (exact) mass is 294 g/mol. The molecule has 16 heavy (non-hydrogen) atoms. The fourth-order valence-corrected chi connectivity index (χ4v) is 4.36. The lowest BCUT2D eigenvalue weighted by molar-refractivity contribution is 0.264. The van der Waals surface area contributed by atoms with E-state index in [4.69, 9.17) is 13.3 Å². The largest absolute Gasteiger partial charge is 0.435 e. The summed E-state index contributed by atoms with van der Waals surface area (Å²) in [5.74, 6) is 0. The first-order valence-electron chi connectivity index (χ1n) is 5.45. The van der Waals surface area contributed by atoms with Crippen LogP contribution in [0.5, 0.6) is 0 Å². The minimum Gasteiger partial charge on any atom is -0.435 e. The van der Waals surface area contributed by atoms with Crippen LogP contribution in [0.3, 0.4) is 0 Å². The lowest BCUT2D eigenvalue weighted by Crippen LogP contribution is -2.34. The van der Waals surface area contributed by atoms with Gasteiger partial charge in [0, 0.05) is 6.61 Å². The van der Waals surface area contributed by atoms with Gasteiger partial charge in [-0.2, -0.15) is 0 Å². The van der Waals surface area contributed by atoms with Crippen molar-refractivity contribution < 1.29 is 18.1 Å². The van der Waals surface area contributed by atoms with Crippen molar-refractivity contribution >= 4 is 35.4 Å². The Kier molecular flexibility index (Phi) is 8.27. The SMILES string of the molecule is C[Si](C)(O)O[Si]OCCCC[Si](C)(C)[Si]O. The van der Waals surface area contributed by atoms with Crippen molar-refractivity contribution in [3.63, 3.8) is 0 Å². The van der Waals surface area contributed by atoms with E-state index in [9.17, 15) is 4.80 Å². The average Bonchev–Trinajstić information content (AvgIpc) is 2.14. The van der Waals surface area contributed by atoms with E-state index in [-0.39, 0.29) is 19.3 Å². The summed E-state index contributed by atoms with van der Waals surface area (Å²) in [6.07, 6.45) is 2.11. The highest BCUT2D eigenvalue weighted by atomic mass is 29.2. The maximum atomic E-state index is 9.38. The van der Waals surface area contributed by atoms with Crippen molar-refractivity contribution in [1.82, 2.24) is 0 Å². The Morgan fingerprint density at radius 2 is 1.75 bits per heavy atom. The Hall–Kier alpha value is 0.708. The highest BCUT2D eigenvalue weighted by molar-refractivity contribution is 7.21. The zero-order valence-corrected chi connectivity index (χ0v) is 14.5. The van der Waals surface area contributed by atoms with Crippen LogP contribution in [0.15, 0.2) is 0 Å². The number of hydrogen-bond donors (Lipinski definition) is 2. The third-order valence-corrected chi connectivity index (χ3v) is 9.38. The van der Waals surface area contributed by atoms with Gasteiger partial charge in [-0.05, 0) is 19.5 Å². The summed E-state index contributed by atoms with van der Waals surface area (Å²) in [6.45, 7) is 8.54. The Labute approximate surface area is 105 Å². The Bertz CT molecular complexity index is 183. The fraction of sp³-hybridized carbons (Fsp3) is 1.00. The van der Waals surface area contributed by atoms with Crippen LogP contribution in [-0.4, -0.2) is 51.6 Å². The molecule has 0 atom stereocenters. The van der Waals surface area contributed by atoms with Gasteiger partial charge >= 0.3 is 18.6 Å². The first kappa shape index (κ1) is 16.7. The molecular formula is C8H22O4Si4. The van der Waals surface area contributed by atoms with Gasteiger partial charge in [-0.25, -0.2) is 0 Å². The van der Waals surface area contributed by atoms with Crippen LogP contribution >= 0.6 is 0 Å². The normalized spacial score (nSPS) is 13.1. The lowest BCUT2D eigenvalue weighted by Gasteiger charge is -2.17. The van der Waals surface area contributed by atoms with E-state index in [0.29, 0.717) is 6.61 Å². The summed E-state index contributed by atoms with van der Waals surface area (Å²) in [7, 11) is -3.62. The predicted octanol–water partition coefficient (Wildman–Crippen LogP) is 0.845.